The number of aromatic amines is 1. The number of hydrogen-bond donors (Lipinski definition) is 3. The van der Waals surface area contributed by atoms with Gasteiger partial charge in [0, 0.05) is 11.8 Å². The smallest absolute Gasteiger partial charge is 0.330 e. The van der Waals surface area contributed by atoms with Crippen LogP contribution in [0.4, 0.5) is 0 Å². The van der Waals surface area contributed by atoms with E-state index in [4.69, 9.17) is 36.9 Å². The fraction of sp³-hybridized carbons (Fsp3) is 0.303. The first-order valence-corrected chi connectivity index (χ1v) is 14.8. The summed E-state index contributed by atoms with van der Waals surface area (Å²) in [5, 5.41) is 11.9. The number of hydrogen-bond acceptors (Lipinski definition) is 8. The summed E-state index contributed by atoms with van der Waals surface area (Å²) in [6.45, 7) is 1.59. The maximum Gasteiger partial charge on any atom is 0.330 e. The second-order valence-electron chi connectivity index (χ2n) is 11.2. The van der Waals surface area contributed by atoms with Gasteiger partial charge in [-0.2, -0.15) is 0 Å². The summed E-state index contributed by atoms with van der Waals surface area (Å²) in [4.78, 5) is 29.0. The maximum atomic E-state index is 12.9. The molecule has 2 fully saturated rings. The van der Waals surface area contributed by atoms with Crippen molar-refractivity contribution in [3.8, 4) is 11.5 Å². The van der Waals surface area contributed by atoms with Gasteiger partial charge in [-0.05, 0) is 60.1 Å². The van der Waals surface area contributed by atoms with E-state index in [0.717, 1.165) is 16.7 Å². The molecule has 234 valence electrons. The lowest BCUT2D eigenvalue weighted by Crippen LogP contribution is -2.54. The Morgan fingerprint density at radius 3 is 2.09 bits per heavy atom. The van der Waals surface area contributed by atoms with Crippen LogP contribution < -0.4 is 26.5 Å². The molecule has 0 radical (unpaired) electrons. The van der Waals surface area contributed by atoms with Crippen molar-refractivity contribution in [1.82, 2.24) is 14.5 Å². The zero-order valence-corrected chi connectivity index (χ0v) is 25.8. The first-order valence-electron chi connectivity index (χ1n) is 14.4. The van der Waals surface area contributed by atoms with Crippen LogP contribution >= 0.6 is 12.2 Å². The first kappa shape index (κ1) is 30.5. The number of benzene rings is 3. The fourth-order valence-corrected chi connectivity index (χ4v) is 6.57. The molecule has 4 aromatic rings. The number of nitrogens with one attached hydrogen (secondary N) is 1. The van der Waals surface area contributed by atoms with E-state index in [1.807, 2.05) is 78.9 Å². The Bertz CT molecular complexity index is 1760. The zero-order valence-electron chi connectivity index (χ0n) is 25.0. The monoisotopic (exact) mass is 630 g/mol. The summed E-state index contributed by atoms with van der Waals surface area (Å²) in [7, 11) is 3.21. The predicted molar refractivity (Wildman–Crippen MR) is 170 cm³/mol. The molecule has 0 unspecified atom stereocenters. The average Bonchev–Trinajstić information content (AvgIpc) is 3.50. The van der Waals surface area contributed by atoms with Crippen molar-refractivity contribution in [3.63, 3.8) is 0 Å². The zero-order chi connectivity index (χ0) is 31.9. The molecule has 2 aliphatic heterocycles. The van der Waals surface area contributed by atoms with Crippen LogP contribution in [0.2, 0.25) is 0 Å². The van der Waals surface area contributed by atoms with Crippen molar-refractivity contribution in [2.75, 3.05) is 27.4 Å². The van der Waals surface area contributed by atoms with E-state index in [1.54, 1.807) is 26.0 Å². The van der Waals surface area contributed by atoms with Crippen LogP contribution in [0.15, 0.2) is 94.6 Å². The Hall–Kier alpha value is -4.49. The molecule has 0 saturated carbocycles. The minimum Gasteiger partial charge on any atom is -0.497 e. The van der Waals surface area contributed by atoms with Gasteiger partial charge in [0.25, 0.3) is 5.56 Å². The van der Waals surface area contributed by atoms with Gasteiger partial charge < -0.3 is 34.7 Å². The molecule has 11 nitrogen and oxygen atoms in total. The van der Waals surface area contributed by atoms with Gasteiger partial charge >= 0.3 is 5.69 Å². The van der Waals surface area contributed by atoms with E-state index < -0.39 is 40.8 Å². The summed E-state index contributed by atoms with van der Waals surface area (Å²) in [6, 6.07) is 24.1. The molecule has 12 heteroatoms. The Morgan fingerprint density at radius 2 is 1.56 bits per heavy atom. The standard InChI is InChI=1S/C33H34N4O7S/c1-20-17-36(31(40)35-28(20)39)29-26-27(38)32(44-29,18-37(26)30(34)45)19-43-33(21-7-5-4-6-8-21,22-9-13-24(41-2)14-10-22)23-11-15-25(42-3)16-12-23/h4-17,26-27,29,38H,18-19H2,1-3H3,(H2,34,45)(H,35,39,40)/t26-,27+,29-,32-/m1/s1. The third-order valence-corrected chi connectivity index (χ3v) is 8.95. The van der Waals surface area contributed by atoms with Gasteiger partial charge in [0.2, 0.25) is 0 Å². The van der Waals surface area contributed by atoms with Gasteiger partial charge in [0.1, 0.15) is 34.8 Å². The highest BCUT2D eigenvalue weighted by Crippen LogP contribution is 2.49. The Morgan fingerprint density at radius 1 is 1.00 bits per heavy atom. The minimum atomic E-state index is -1.35. The molecule has 4 N–H and O–H groups in total. The number of aliphatic hydroxyl groups excluding tert-OH is 1. The summed E-state index contributed by atoms with van der Waals surface area (Å²) < 4.78 is 25.8. The number of aliphatic hydroxyl groups is 1. The van der Waals surface area contributed by atoms with E-state index in [1.165, 1.54) is 10.8 Å². The summed E-state index contributed by atoms with van der Waals surface area (Å²) in [5.41, 5.74) is 5.15. The SMILES string of the molecule is COc1ccc(C(OC[C@@]23CN(C(N)=S)[C@@H]([C@H](n4cc(C)c(=O)[nH]c4=O)O2)[C@@H]3O)(c2ccccc2)c2ccc(OC)cc2)cc1. The number of ether oxygens (including phenoxy) is 4. The van der Waals surface area contributed by atoms with E-state index in [-0.39, 0.29) is 18.3 Å². The molecule has 3 heterocycles. The number of H-pyrrole nitrogens is 1. The van der Waals surface area contributed by atoms with Gasteiger partial charge in [-0.25, -0.2) is 4.79 Å². The third-order valence-electron chi connectivity index (χ3n) is 8.72. The van der Waals surface area contributed by atoms with E-state index in [9.17, 15) is 14.7 Å². The number of nitrogens with two attached hydrogens (primary N) is 1. The number of fused-ring (bicyclic) bond motifs is 2. The van der Waals surface area contributed by atoms with Crippen LogP contribution in [0.1, 0.15) is 28.5 Å². The summed E-state index contributed by atoms with van der Waals surface area (Å²) in [6.07, 6.45) is -0.743. The molecule has 4 atom stereocenters. The number of aryl methyl sites for hydroxylation is 1. The molecule has 3 aromatic carbocycles. The van der Waals surface area contributed by atoms with E-state index in [2.05, 4.69) is 4.98 Å². The van der Waals surface area contributed by atoms with Crippen LogP contribution in [0.3, 0.4) is 0 Å². The Balaban J connectivity index is 1.48. The fourth-order valence-electron chi connectivity index (χ4n) is 6.39. The first-order chi connectivity index (χ1) is 21.6. The number of likely N-dealkylation sites (tertiary alicyclic amines) is 1. The van der Waals surface area contributed by atoms with Gasteiger partial charge in [0.15, 0.2) is 11.3 Å². The van der Waals surface area contributed by atoms with Crippen molar-refractivity contribution in [2.45, 2.75) is 36.5 Å². The highest BCUT2D eigenvalue weighted by Gasteiger charge is 2.65. The lowest BCUT2D eigenvalue weighted by Gasteiger charge is -2.41. The second kappa shape index (κ2) is 11.8. The van der Waals surface area contributed by atoms with Crippen LogP contribution in [0.25, 0.3) is 0 Å². The topological polar surface area (TPSA) is 141 Å². The molecule has 2 bridgehead atoms. The van der Waals surface area contributed by atoms with Crippen molar-refractivity contribution < 1.29 is 24.1 Å². The third kappa shape index (κ3) is 5.09. The number of aromatic nitrogens is 2. The molecule has 1 aromatic heterocycles. The molecular weight excluding hydrogens is 596 g/mol. The van der Waals surface area contributed by atoms with Gasteiger partial charge in [-0.3, -0.25) is 14.3 Å². The molecule has 0 spiro atoms. The molecule has 45 heavy (non-hydrogen) atoms. The quantitative estimate of drug-likeness (QED) is 0.187. The van der Waals surface area contributed by atoms with Gasteiger partial charge in [-0.15, -0.1) is 0 Å². The van der Waals surface area contributed by atoms with Crippen molar-refractivity contribution in [1.29, 1.82) is 0 Å². The summed E-state index contributed by atoms with van der Waals surface area (Å²) in [5.74, 6) is 1.36. The molecule has 0 amide bonds. The second-order valence-corrected chi connectivity index (χ2v) is 11.7. The average molecular weight is 631 g/mol. The number of thiocarbonyl (C=S) groups is 1. The maximum absolute atomic E-state index is 12.9. The molecule has 2 saturated heterocycles. The Labute approximate surface area is 264 Å². The predicted octanol–water partition coefficient (Wildman–Crippen LogP) is 2.43. The normalized spacial score (nSPS) is 22.4. The highest BCUT2D eigenvalue weighted by molar-refractivity contribution is 7.80. The van der Waals surface area contributed by atoms with Crippen LogP contribution in [-0.4, -0.2) is 69.8 Å². The van der Waals surface area contributed by atoms with Crippen LogP contribution in [-0.2, 0) is 15.1 Å². The van der Waals surface area contributed by atoms with E-state index in [0.29, 0.717) is 17.1 Å². The minimum absolute atomic E-state index is 0.0445. The van der Waals surface area contributed by atoms with Crippen LogP contribution in [0.5, 0.6) is 11.5 Å². The Kier molecular flexibility index (Phi) is 8.00. The van der Waals surface area contributed by atoms with Crippen molar-refractivity contribution >= 4 is 17.3 Å². The number of morpholine rings is 1. The lowest BCUT2D eigenvalue weighted by atomic mass is 9.79. The highest BCUT2D eigenvalue weighted by atomic mass is 32.1. The number of nitrogens with zero attached hydrogens (tertiary/aromatic N) is 2. The largest absolute Gasteiger partial charge is 0.497 e. The van der Waals surface area contributed by atoms with Gasteiger partial charge in [-0.1, -0.05) is 54.6 Å². The van der Waals surface area contributed by atoms with Crippen LogP contribution in [0, 0.1) is 6.92 Å². The molecule has 6 rings (SSSR count). The van der Waals surface area contributed by atoms with E-state index >= 15 is 0 Å². The van der Waals surface area contributed by atoms with Crippen molar-refractivity contribution in [3.05, 3.63) is 128 Å². The van der Waals surface area contributed by atoms with Crippen molar-refractivity contribution in [2.24, 2.45) is 5.73 Å². The molecule has 2 aliphatic rings. The van der Waals surface area contributed by atoms with Gasteiger partial charge in [0.05, 0.1) is 27.4 Å². The summed E-state index contributed by atoms with van der Waals surface area (Å²) >= 11 is 5.37. The molecule has 0 aliphatic carbocycles. The number of methoxy groups -OCH3 is 2. The lowest BCUT2D eigenvalue weighted by molar-refractivity contribution is -0.172. The molecular formula is C33H34N4O7S. The number of rotatable bonds is 9.